The van der Waals surface area contributed by atoms with Gasteiger partial charge in [-0.05, 0) is 38.1 Å². The lowest BCUT2D eigenvalue weighted by Crippen LogP contribution is -2.24. The summed E-state index contributed by atoms with van der Waals surface area (Å²) in [6.45, 7) is 17.0. The van der Waals surface area contributed by atoms with Gasteiger partial charge in [-0.1, -0.05) is 64.8 Å². The lowest BCUT2D eigenvalue weighted by atomic mass is 9.93. The van der Waals surface area contributed by atoms with Crippen LogP contribution in [0, 0.1) is 13.8 Å². The molecule has 0 unspecified atom stereocenters. The lowest BCUT2D eigenvalue weighted by molar-refractivity contribution is 0.497. The van der Waals surface area contributed by atoms with E-state index in [-0.39, 0.29) is 10.8 Å². The molecule has 32 heavy (non-hydrogen) atoms. The number of aryl methyl sites for hydroxylation is 2. The van der Waals surface area contributed by atoms with Gasteiger partial charge in [0, 0.05) is 27.3 Å². The van der Waals surface area contributed by atoms with Crippen molar-refractivity contribution < 1.29 is 0 Å². The highest BCUT2D eigenvalue weighted by molar-refractivity contribution is 5.94. The minimum absolute atomic E-state index is 0.174. The van der Waals surface area contributed by atoms with Crippen LogP contribution in [0.1, 0.15) is 64.3 Å². The Kier molecular flexibility index (Phi) is 5.32. The van der Waals surface area contributed by atoms with E-state index in [1.807, 2.05) is 0 Å². The van der Waals surface area contributed by atoms with Crippen molar-refractivity contribution in [3.05, 3.63) is 65.5 Å². The summed E-state index contributed by atoms with van der Waals surface area (Å²) >= 11 is 0. The molecule has 0 fully saturated rings. The van der Waals surface area contributed by atoms with Crippen molar-refractivity contribution in [3.63, 3.8) is 0 Å². The summed E-state index contributed by atoms with van der Waals surface area (Å²) in [4.78, 5) is 23.6. The van der Waals surface area contributed by atoms with Crippen LogP contribution in [-0.2, 0) is 10.8 Å². The molecule has 5 heteroatoms. The number of nitrogens with zero attached hydrogens (tertiary/aromatic N) is 5. The average molecular weight is 426 g/mol. The second kappa shape index (κ2) is 7.73. The van der Waals surface area contributed by atoms with Crippen LogP contribution in [0.15, 0.2) is 42.7 Å². The van der Waals surface area contributed by atoms with Gasteiger partial charge in [-0.15, -0.1) is 0 Å². The standard InChI is InChI=1S/C27H31N5/c1-16-11-17(2)13-19(12-16)22-20-10-9-18(14-21(20)28-15-29-22)23-30-24(26(3,4)5)32-25(31-23)27(6,7)8/h9-15H,1-8H3. The van der Waals surface area contributed by atoms with Crippen LogP contribution in [0.4, 0.5) is 0 Å². The molecule has 4 rings (SSSR count). The van der Waals surface area contributed by atoms with Crippen molar-refractivity contribution in [2.75, 3.05) is 0 Å². The molecule has 2 aromatic carbocycles. The lowest BCUT2D eigenvalue weighted by Gasteiger charge is -2.22. The maximum absolute atomic E-state index is 4.83. The van der Waals surface area contributed by atoms with E-state index in [9.17, 15) is 0 Å². The van der Waals surface area contributed by atoms with Crippen LogP contribution in [-0.4, -0.2) is 24.9 Å². The van der Waals surface area contributed by atoms with E-state index in [0.717, 1.165) is 39.4 Å². The summed E-state index contributed by atoms with van der Waals surface area (Å²) < 4.78 is 0. The van der Waals surface area contributed by atoms with Crippen molar-refractivity contribution in [1.29, 1.82) is 0 Å². The fourth-order valence-electron chi connectivity index (χ4n) is 3.71. The van der Waals surface area contributed by atoms with Crippen molar-refractivity contribution in [1.82, 2.24) is 24.9 Å². The monoisotopic (exact) mass is 425 g/mol. The van der Waals surface area contributed by atoms with Gasteiger partial charge in [-0.25, -0.2) is 24.9 Å². The summed E-state index contributed by atoms with van der Waals surface area (Å²) in [7, 11) is 0. The number of hydrogen-bond acceptors (Lipinski definition) is 5. The molecule has 4 aromatic rings. The van der Waals surface area contributed by atoms with Gasteiger partial charge < -0.3 is 0 Å². The van der Waals surface area contributed by atoms with Crippen LogP contribution in [0.2, 0.25) is 0 Å². The van der Waals surface area contributed by atoms with E-state index in [1.165, 1.54) is 11.1 Å². The highest BCUT2D eigenvalue weighted by atomic mass is 15.1. The SMILES string of the molecule is Cc1cc(C)cc(-c2ncnc3cc(-c4nc(C(C)(C)C)nc(C(C)(C)C)n4)ccc23)c1. The second-order valence-corrected chi connectivity index (χ2v) is 10.6. The molecule has 5 nitrogen and oxygen atoms in total. The molecule has 0 saturated carbocycles. The Bertz CT molecular complexity index is 1260. The number of fused-ring (bicyclic) bond motifs is 1. The van der Waals surface area contributed by atoms with Crippen LogP contribution in [0.3, 0.4) is 0 Å². The summed E-state index contributed by atoms with van der Waals surface area (Å²) in [5.74, 6) is 2.28. The Hall–Kier alpha value is -3.21. The van der Waals surface area contributed by atoms with Gasteiger partial charge in [0.15, 0.2) is 5.82 Å². The molecule has 0 bridgehead atoms. The Morgan fingerprint density at radius 3 is 1.78 bits per heavy atom. The Morgan fingerprint density at radius 1 is 0.625 bits per heavy atom. The summed E-state index contributed by atoms with van der Waals surface area (Å²) in [6, 6.07) is 12.7. The first kappa shape index (κ1) is 22.0. The largest absolute Gasteiger partial charge is 0.236 e. The fourth-order valence-corrected chi connectivity index (χ4v) is 3.71. The molecule has 0 radical (unpaired) electrons. The Labute approximate surface area is 190 Å². The van der Waals surface area contributed by atoms with Crippen LogP contribution in [0.5, 0.6) is 0 Å². The Balaban J connectivity index is 1.89. The maximum atomic E-state index is 4.83. The van der Waals surface area contributed by atoms with Crippen LogP contribution in [0.25, 0.3) is 33.5 Å². The third-order valence-electron chi connectivity index (χ3n) is 5.37. The molecule has 0 N–H and O–H groups in total. The molecule has 164 valence electrons. The minimum atomic E-state index is -0.174. The summed E-state index contributed by atoms with van der Waals surface area (Å²) in [5.41, 5.74) is 5.95. The molecule has 2 aromatic heterocycles. The summed E-state index contributed by atoms with van der Waals surface area (Å²) in [5, 5.41) is 1.02. The molecule has 0 atom stereocenters. The van der Waals surface area contributed by atoms with Gasteiger partial charge >= 0.3 is 0 Å². The molecular weight excluding hydrogens is 394 g/mol. The predicted molar refractivity (Wildman–Crippen MR) is 131 cm³/mol. The van der Waals surface area contributed by atoms with E-state index in [2.05, 4.69) is 102 Å². The van der Waals surface area contributed by atoms with Crippen LogP contribution >= 0.6 is 0 Å². The number of benzene rings is 2. The quantitative estimate of drug-likeness (QED) is 0.374. The average Bonchev–Trinajstić information content (AvgIpc) is 2.70. The van der Waals surface area contributed by atoms with E-state index < -0.39 is 0 Å². The van der Waals surface area contributed by atoms with Gasteiger partial charge in [0.1, 0.15) is 18.0 Å². The molecule has 0 spiro atoms. The summed E-state index contributed by atoms with van der Waals surface area (Å²) in [6.07, 6.45) is 1.63. The smallest absolute Gasteiger partial charge is 0.163 e. The predicted octanol–water partition coefficient (Wildman–Crippen LogP) is 6.36. The Morgan fingerprint density at radius 2 is 1.22 bits per heavy atom. The van der Waals surface area contributed by atoms with E-state index >= 15 is 0 Å². The van der Waals surface area contributed by atoms with Gasteiger partial charge in [0.05, 0.1) is 11.2 Å². The number of hydrogen-bond donors (Lipinski definition) is 0. The highest BCUT2D eigenvalue weighted by Crippen LogP contribution is 2.31. The molecule has 0 aliphatic carbocycles. The third kappa shape index (κ3) is 4.38. The van der Waals surface area contributed by atoms with Crippen molar-refractivity contribution in [2.24, 2.45) is 0 Å². The molecule has 0 aliphatic rings. The molecule has 0 aliphatic heterocycles. The number of aromatic nitrogens is 5. The minimum Gasteiger partial charge on any atom is -0.236 e. The van der Waals surface area contributed by atoms with Gasteiger partial charge in [-0.2, -0.15) is 0 Å². The molecule has 0 amide bonds. The molecular formula is C27H31N5. The number of rotatable bonds is 2. The van der Waals surface area contributed by atoms with Crippen molar-refractivity contribution >= 4 is 10.9 Å². The van der Waals surface area contributed by atoms with Crippen molar-refractivity contribution in [3.8, 4) is 22.6 Å². The third-order valence-corrected chi connectivity index (χ3v) is 5.37. The zero-order chi connectivity index (χ0) is 23.3. The first-order chi connectivity index (χ1) is 14.9. The first-order valence-electron chi connectivity index (χ1n) is 11.0. The normalized spacial score (nSPS) is 12.4. The van der Waals surface area contributed by atoms with Crippen molar-refractivity contribution in [2.45, 2.75) is 66.2 Å². The maximum Gasteiger partial charge on any atom is 0.163 e. The van der Waals surface area contributed by atoms with Gasteiger partial charge in [-0.3, -0.25) is 0 Å². The van der Waals surface area contributed by atoms with E-state index in [4.69, 9.17) is 15.0 Å². The highest BCUT2D eigenvalue weighted by Gasteiger charge is 2.25. The molecule has 0 saturated heterocycles. The van der Waals surface area contributed by atoms with E-state index in [0.29, 0.717) is 5.82 Å². The first-order valence-corrected chi connectivity index (χ1v) is 11.0. The fraction of sp³-hybridized carbons (Fsp3) is 0.370. The second-order valence-electron chi connectivity index (χ2n) is 10.6. The zero-order valence-electron chi connectivity index (χ0n) is 20.3. The topological polar surface area (TPSA) is 64.5 Å². The molecule has 2 heterocycles. The zero-order valence-corrected chi connectivity index (χ0v) is 20.3. The van der Waals surface area contributed by atoms with Gasteiger partial charge in [0.2, 0.25) is 0 Å². The van der Waals surface area contributed by atoms with Crippen LogP contribution < -0.4 is 0 Å². The van der Waals surface area contributed by atoms with Gasteiger partial charge in [0.25, 0.3) is 0 Å². The van der Waals surface area contributed by atoms with E-state index in [1.54, 1.807) is 6.33 Å².